The molecule has 2 nitrogen and oxygen atoms in total. The van der Waals surface area contributed by atoms with Gasteiger partial charge in [0.1, 0.15) is 5.78 Å². The Bertz CT molecular complexity index is 636. The quantitative estimate of drug-likeness (QED) is 0.171. The summed E-state index contributed by atoms with van der Waals surface area (Å²) in [6, 6.07) is 8.95. The molecule has 3 heteroatoms. The van der Waals surface area contributed by atoms with Gasteiger partial charge in [-0.15, -0.1) is 0 Å². The van der Waals surface area contributed by atoms with Crippen LogP contribution in [-0.4, -0.2) is 11.6 Å². The lowest BCUT2D eigenvalue weighted by atomic mass is 9.88. The summed E-state index contributed by atoms with van der Waals surface area (Å²) in [5, 5.41) is 0. The van der Waals surface area contributed by atoms with E-state index in [9.17, 15) is 14.0 Å². The number of hydrogen-bond acceptors (Lipinski definition) is 2. The monoisotopic (exact) mass is 372 g/mol. The molecule has 0 atom stereocenters. The topological polar surface area (TPSA) is 34.1 Å². The molecule has 1 aromatic carbocycles. The third-order valence-corrected chi connectivity index (χ3v) is 4.49. The molecule has 0 radical (unpaired) electrons. The maximum atomic E-state index is 13.7. The second kappa shape index (κ2) is 12.4. The van der Waals surface area contributed by atoms with Crippen molar-refractivity contribution in [3.8, 4) is 0 Å². The van der Waals surface area contributed by atoms with Gasteiger partial charge in [-0.1, -0.05) is 82.9 Å². The number of allylic oxidation sites excluding steroid dienone is 4. The average molecular weight is 373 g/mol. The number of carbonyl (C=O) groups excluding carboxylic acids is 2. The lowest BCUT2D eigenvalue weighted by Crippen LogP contribution is -2.19. The van der Waals surface area contributed by atoms with Crippen molar-refractivity contribution in [3.05, 3.63) is 60.0 Å². The maximum absolute atomic E-state index is 13.7. The van der Waals surface area contributed by atoms with Crippen molar-refractivity contribution < 1.29 is 14.0 Å². The number of Topliss-reactive ketones (excluding diaryl/α,β-unsaturated/α-hetero) is 1. The van der Waals surface area contributed by atoms with Crippen molar-refractivity contribution in [1.82, 2.24) is 0 Å². The van der Waals surface area contributed by atoms with Gasteiger partial charge in [-0.25, -0.2) is 4.39 Å². The Labute approximate surface area is 163 Å². The van der Waals surface area contributed by atoms with E-state index in [1.165, 1.54) is 18.2 Å². The number of rotatable bonds is 12. The largest absolute Gasteiger partial charge is 0.299 e. The van der Waals surface area contributed by atoms with Crippen LogP contribution in [0.2, 0.25) is 0 Å². The van der Waals surface area contributed by atoms with Crippen molar-refractivity contribution >= 4 is 11.6 Å². The Morgan fingerprint density at radius 3 is 2.04 bits per heavy atom. The molecule has 0 saturated heterocycles. The summed E-state index contributed by atoms with van der Waals surface area (Å²) in [6.45, 7) is 5.89. The summed E-state index contributed by atoms with van der Waals surface area (Å²) in [5.41, 5.74) is 0.371. The van der Waals surface area contributed by atoms with Crippen LogP contribution in [0.4, 0.5) is 4.39 Å². The van der Waals surface area contributed by atoms with Gasteiger partial charge in [-0.3, -0.25) is 9.59 Å². The molecule has 148 valence electrons. The molecule has 0 bridgehead atoms. The predicted octanol–water partition coefficient (Wildman–Crippen LogP) is 7.01. The highest BCUT2D eigenvalue weighted by Crippen LogP contribution is 2.19. The van der Waals surface area contributed by atoms with Gasteiger partial charge in [0.2, 0.25) is 0 Å². The molecule has 1 aromatic rings. The van der Waals surface area contributed by atoms with Gasteiger partial charge in [0.25, 0.3) is 0 Å². The highest BCUT2D eigenvalue weighted by atomic mass is 19.1. The summed E-state index contributed by atoms with van der Waals surface area (Å²) in [4.78, 5) is 23.7. The molecule has 0 amide bonds. The lowest BCUT2D eigenvalue weighted by Gasteiger charge is -2.16. The smallest absolute Gasteiger partial charge is 0.185 e. The molecular formula is C24H33FO2. The van der Waals surface area contributed by atoms with Crippen LogP contribution in [0.5, 0.6) is 0 Å². The molecule has 0 saturated carbocycles. The summed E-state index contributed by atoms with van der Waals surface area (Å²) in [6.07, 6.45) is 11.3. The minimum Gasteiger partial charge on any atom is -0.299 e. The summed E-state index contributed by atoms with van der Waals surface area (Å²) < 4.78 is 13.7. The molecule has 0 aliphatic carbocycles. The first kappa shape index (κ1) is 23.0. The molecule has 0 N–H and O–H groups in total. The molecule has 1 rings (SSSR count). The van der Waals surface area contributed by atoms with E-state index in [4.69, 9.17) is 0 Å². The first-order valence-corrected chi connectivity index (χ1v) is 9.96. The Morgan fingerprint density at radius 1 is 0.889 bits per heavy atom. The highest BCUT2D eigenvalue weighted by Gasteiger charge is 2.19. The van der Waals surface area contributed by atoms with Gasteiger partial charge in [0, 0.05) is 17.4 Å². The van der Waals surface area contributed by atoms with Crippen LogP contribution >= 0.6 is 0 Å². The second-order valence-electron chi connectivity index (χ2n) is 8.00. The number of hydrogen-bond donors (Lipinski definition) is 0. The second-order valence-corrected chi connectivity index (χ2v) is 8.00. The summed E-state index contributed by atoms with van der Waals surface area (Å²) >= 11 is 0. The third kappa shape index (κ3) is 10.6. The minimum atomic E-state index is -0.232. The van der Waals surface area contributed by atoms with Crippen LogP contribution in [0.25, 0.3) is 0 Å². The van der Waals surface area contributed by atoms with Gasteiger partial charge < -0.3 is 0 Å². The molecule has 0 fully saturated rings. The zero-order chi connectivity index (χ0) is 20.1. The summed E-state index contributed by atoms with van der Waals surface area (Å²) in [5.74, 6) is 0.0148. The maximum Gasteiger partial charge on any atom is 0.185 e. The fourth-order valence-corrected chi connectivity index (χ4v) is 2.68. The summed E-state index contributed by atoms with van der Waals surface area (Å²) in [7, 11) is 0. The van der Waals surface area contributed by atoms with Gasteiger partial charge >= 0.3 is 0 Å². The van der Waals surface area contributed by atoms with Crippen molar-refractivity contribution in [2.24, 2.45) is 5.41 Å². The van der Waals surface area contributed by atoms with E-state index in [1.54, 1.807) is 24.3 Å². The van der Waals surface area contributed by atoms with Crippen LogP contribution in [0.3, 0.4) is 0 Å². The third-order valence-electron chi connectivity index (χ3n) is 4.49. The van der Waals surface area contributed by atoms with E-state index in [0.29, 0.717) is 24.2 Å². The number of ketones is 2. The molecule has 0 unspecified atom stereocenters. The van der Waals surface area contributed by atoms with Gasteiger partial charge in [-0.05, 0) is 31.4 Å². The first-order chi connectivity index (χ1) is 12.8. The number of unbranched alkanes of at least 4 members (excludes halogenated alkanes) is 5. The van der Waals surface area contributed by atoms with Crippen LogP contribution in [0.1, 0.15) is 82.5 Å². The predicted molar refractivity (Wildman–Crippen MR) is 111 cm³/mol. The molecule has 0 aliphatic rings. The fourth-order valence-electron chi connectivity index (χ4n) is 2.68. The van der Waals surface area contributed by atoms with Crippen molar-refractivity contribution in [2.45, 2.75) is 72.1 Å². The Hall–Kier alpha value is -2.03. The van der Waals surface area contributed by atoms with Crippen LogP contribution < -0.4 is 0 Å². The molecule has 0 aliphatic heterocycles. The normalized spacial score (nSPS) is 12.5. The SMILES string of the molecule is CC(C)(C)C(=O)CCCCCCCC/C(F)=C\C=C\C(=O)c1ccccc1. The number of benzene rings is 1. The van der Waals surface area contributed by atoms with Crippen LogP contribution in [0, 0.1) is 5.41 Å². The van der Waals surface area contributed by atoms with Gasteiger partial charge in [0.05, 0.1) is 5.83 Å². The Kier molecular flexibility index (Phi) is 10.5. The average Bonchev–Trinajstić information content (AvgIpc) is 2.63. The van der Waals surface area contributed by atoms with E-state index < -0.39 is 0 Å². The molecule has 0 aromatic heterocycles. The molecule has 0 spiro atoms. The highest BCUT2D eigenvalue weighted by molar-refractivity contribution is 6.04. The van der Waals surface area contributed by atoms with E-state index in [1.807, 2.05) is 26.8 Å². The zero-order valence-electron chi connectivity index (χ0n) is 17.0. The van der Waals surface area contributed by atoms with E-state index in [-0.39, 0.29) is 17.0 Å². The minimum absolute atomic E-state index is 0.121. The Balaban J connectivity index is 2.10. The lowest BCUT2D eigenvalue weighted by molar-refractivity contribution is -0.126. The van der Waals surface area contributed by atoms with E-state index in [2.05, 4.69) is 0 Å². The van der Waals surface area contributed by atoms with E-state index >= 15 is 0 Å². The first-order valence-electron chi connectivity index (χ1n) is 9.96. The molecule has 27 heavy (non-hydrogen) atoms. The standard InChI is InChI=1S/C24H33FO2/c1-24(2,3)23(27)19-12-7-5-4-6-11-16-21(25)17-13-18-22(26)20-14-9-8-10-15-20/h8-10,13-15,17-18H,4-7,11-12,16,19H2,1-3H3/b18-13+,21-17+. The Morgan fingerprint density at radius 2 is 1.44 bits per heavy atom. The van der Waals surface area contributed by atoms with Gasteiger partial charge in [0.15, 0.2) is 5.78 Å². The zero-order valence-corrected chi connectivity index (χ0v) is 17.0. The fraction of sp³-hybridized carbons (Fsp3) is 0.500. The van der Waals surface area contributed by atoms with Crippen LogP contribution in [0.15, 0.2) is 54.4 Å². The van der Waals surface area contributed by atoms with Crippen molar-refractivity contribution in [2.75, 3.05) is 0 Å². The van der Waals surface area contributed by atoms with Crippen molar-refractivity contribution in [1.29, 1.82) is 0 Å². The van der Waals surface area contributed by atoms with Crippen molar-refractivity contribution in [3.63, 3.8) is 0 Å². The number of carbonyl (C=O) groups is 2. The molecular weight excluding hydrogens is 339 g/mol. The molecule has 0 heterocycles. The van der Waals surface area contributed by atoms with E-state index in [0.717, 1.165) is 38.5 Å². The number of halogens is 1. The van der Waals surface area contributed by atoms with Gasteiger partial charge in [-0.2, -0.15) is 0 Å². The van der Waals surface area contributed by atoms with Crippen LogP contribution in [-0.2, 0) is 4.79 Å².